The highest BCUT2D eigenvalue weighted by atomic mass is 16.5. The van der Waals surface area contributed by atoms with E-state index in [2.05, 4.69) is 57.6 Å². The van der Waals surface area contributed by atoms with Gasteiger partial charge in [0.1, 0.15) is 0 Å². The second kappa shape index (κ2) is 12.3. The van der Waals surface area contributed by atoms with Crippen LogP contribution in [0.25, 0.3) is 5.65 Å². The van der Waals surface area contributed by atoms with Crippen molar-refractivity contribution in [2.24, 2.45) is 0 Å². The second-order valence-corrected chi connectivity index (χ2v) is 10.2. The van der Waals surface area contributed by atoms with E-state index in [1.807, 2.05) is 47.1 Å². The Hall–Kier alpha value is -4.63. The zero-order chi connectivity index (χ0) is 28.0. The van der Waals surface area contributed by atoms with E-state index in [1.54, 1.807) is 14.2 Å². The molecule has 0 spiro atoms. The first-order chi connectivity index (χ1) is 20.2. The minimum atomic E-state index is 0.553. The SMILES string of the molecule is COc1ccc(CNc2ncc(CN3CCN(c4ccccc4)CC3)c3nc(Cc4ccccc4)nn23)cc1OC. The topological polar surface area (TPSA) is 80.0 Å². The number of piperazine rings is 1. The zero-order valence-electron chi connectivity index (χ0n) is 23.5. The number of para-hydroxylation sites is 1. The van der Waals surface area contributed by atoms with Crippen LogP contribution in [0.5, 0.6) is 11.5 Å². The van der Waals surface area contributed by atoms with Gasteiger partial charge in [-0.25, -0.2) is 9.97 Å². The molecule has 41 heavy (non-hydrogen) atoms. The molecule has 1 saturated heterocycles. The summed E-state index contributed by atoms with van der Waals surface area (Å²) in [5.74, 6) is 2.82. The number of methoxy groups -OCH3 is 2. The summed E-state index contributed by atoms with van der Waals surface area (Å²) >= 11 is 0. The van der Waals surface area contributed by atoms with Gasteiger partial charge in [-0.05, 0) is 35.4 Å². The molecule has 1 N–H and O–H groups in total. The molecule has 210 valence electrons. The Balaban J connectivity index is 1.23. The first-order valence-electron chi connectivity index (χ1n) is 13.9. The molecule has 3 aromatic carbocycles. The van der Waals surface area contributed by atoms with Crippen molar-refractivity contribution in [3.05, 3.63) is 108 Å². The van der Waals surface area contributed by atoms with E-state index in [-0.39, 0.29) is 0 Å². The van der Waals surface area contributed by atoms with Gasteiger partial charge in [0.25, 0.3) is 0 Å². The molecule has 9 heteroatoms. The highest BCUT2D eigenvalue weighted by molar-refractivity contribution is 5.52. The van der Waals surface area contributed by atoms with Gasteiger partial charge in [-0.3, -0.25) is 4.90 Å². The Labute approximate surface area is 240 Å². The van der Waals surface area contributed by atoms with E-state index in [0.717, 1.165) is 55.3 Å². The van der Waals surface area contributed by atoms with Gasteiger partial charge in [0, 0.05) is 63.1 Å². The fourth-order valence-electron chi connectivity index (χ4n) is 5.26. The van der Waals surface area contributed by atoms with Crippen LogP contribution < -0.4 is 19.7 Å². The van der Waals surface area contributed by atoms with Crippen molar-refractivity contribution in [2.45, 2.75) is 19.5 Å². The molecule has 6 rings (SSSR count). The van der Waals surface area contributed by atoms with Crippen LogP contribution >= 0.6 is 0 Å². The smallest absolute Gasteiger partial charge is 0.226 e. The molecule has 2 aromatic heterocycles. The Morgan fingerprint density at radius 3 is 2.27 bits per heavy atom. The number of anilines is 2. The molecule has 0 atom stereocenters. The number of aromatic nitrogens is 4. The number of hydrogen-bond acceptors (Lipinski definition) is 8. The predicted molar refractivity (Wildman–Crippen MR) is 161 cm³/mol. The average molecular weight is 550 g/mol. The number of fused-ring (bicyclic) bond motifs is 1. The number of benzene rings is 3. The molecule has 0 unspecified atom stereocenters. The van der Waals surface area contributed by atoms with E-state index >= 15 is 0 Å². The molecular weight excluding hydrogens is 514 g/mol. The standard InChI is InChI=1S/C32H35N7O2/c1-40-28-14-13-25(19-29(28)41-2)21-33-32-34-22-26(23-37-15-17-38(18-16-37)27-11-7-4-8-12-27)31-35-30(36-39(31)32)20-24-9-5-3-6-10-24/h3-14,19,22H,15-18,20-21,23H2,1-2H3,(H,33,34). The summed E-state index contributed by atoms with van der Waals surface area (Å²) in [6.07, 6.45) is 2.60. The molecule has 9 nitrogen and oxygen atoms in total. The molecule has 1 fully saturated rings. The summed E-state index contributed by atoms with van der Waals surface area (Å²) in [5.41, 5.74) is 5.41. The fraction of sp³-hybridized carbons (Fsp3) is 0.281. The van der Waals surface area contributed by atoms with E-state index in [4.69, 9.17) is 24.5 Å². The van der Waals surface area contributed by atoms with Gasteiger partial charge in [0.2, 0.25) is 5.95 Å². The van der Waals surface area contributed by atoms with Crippen LogP contribution in [0.15, 0.2) is 85.1 Å². The van der Waals surface area contributed by atoms with Crippen LogP contribution in [0.1, 0.15) is 22.5 Å². The van der Waals surface area contributed by atoms with Crippen molar-refractivity contribution in [3.63, 3.8) is 0 Å². The lowest BCUT2D eigenvalue weighted by molar-refractivity contribution is 0.250. The Kier molecular flexibility index (Phi) is 7.95. The van der Waals surface area contributed by atoms with Gasteiger partial charge in [-0.15, -0.1) is 5.10 Å². The maximum absolute atomic E-state index is 5.48. The second-order valence-electron chi connectivity index (χ2n) is 10.2. The zero-order valence-corrected chi connectivity index (χ0v) is 23.5. The van der Waals surface area contributed by atoms with Crippen molar-refractivity contribution >= 4 is 17.3 Å². The molecular formula is C32H35N7O2. The minimum absolute atomic E-state index is 0.553. The van der Waals surface area contributed by atoms with Crippen LogP contribution in [-0.4, -0.2) is 64.9 Å². The lowest BCUT2D eigenvalue weighted by Crippen LogP contribution is -2.46. The van der Waals surface area contributed by atoms with E-state index in [0.29, 0.717) is 30.4 Å². The lowest BCUT2D eigenvalue weighted by atomic mass is 10.1. The van der Waals surface area contributed by atoms with Crippen LogP contribution in [-0.2, 0) is 19.5 Å². The Morgan fingerprint density at radius 2 is 1.54 bits per heavy atom. The molecule has 0 aliphatic carbocycles. The molecule has 0 radical (unpaired) electrons. The number of hydrogen-bond donors (Lipinski definition) is 1. The summed E-state index contributed by atoms with van der Waals surface area (Å²) in [6.45, 7) is 5.27. The molecule has 0 bridgehead atoms. The van der Waals surface area contributed by atoms with E-state index in [9.17, 15) is 0 Å². The summed E-state index contributed by atoms with van der Waals surface area (Å²) in [7, 11) is 3.28. The first kappa shape index (κ1) is 26.6. The number of nitrogens with one attached hydrogen (secondary N) is 1. The Morgan fingerprint density at radius 1 is 0.805 bits per heavy atom. The van der Waals surface area contributed by atoms with E-state index < -0.39 is 0 Å². The van der Waals surface area contributed by atoms with E-state index in [1.165, 1.54) is 11.3 Å². The Bertz CT molecular complexity index is 1580. The van der Waals surface area contributed by atoms with Crippen molar-refractivity contribution in [2.75, 3.05) is 50.6 Å². The van der Waals surface area contributed by atoms with Gasteiger partial charge in [-0.1, -0.05) is 54.6 Å². The fourth-order valence-corrected chi connectivity index (χ4v) is 5.26. The van der Waals surface area contributed by atoms with Crippen molar-refractivity contribution in [1.29, 1.82) is 0 Å². The molecule has 0 amide bonds. The van der Waals surface area contributed by atoms with Crippen LogP contribution in [0.3, 0.4) is 0 Å². The minimum Gasteiger partial charge on any atom is -0.493 e. The average Bonchev–Trinajstić information content (AvgIpc) is 3.46. The van der Waals surface area contributed by atoms with Crippen molar-refractivity contribution < 1.29 is 9.47 Å². The third-order valence-corrected chi connectivity index (χ3v) is 7.47. The molecule has 5 aromatic rings. The van der Waals surface area contributed by atoms with Crippen molar-refractivity contribution in [3.8, 4) is 11.5 Å². The number of ether oxygens (including phenoxy) is 2. The van der Waals surface area contributed by atoms with Gasteiger partial charge in [0.05, 0.1) is 14.2 Å². The predicted octanol–water partition coefficient (Wildman–Crippen LogP) is 4.67. The maximum Gasteiger partial charge on any atom is 0.226 e. The van der Waals surface area contributed by atoms with Crippen molar-refractivity contribution in [1.82, 2.24) is 24.5 Å². The first-order valence-corrected chi connectivity index (χ1v) is 13.9. The highest BCUT2D eigenvalue weighted by Crippen LogP contribution is 2.28. The van der Waals surface area contributed by atoms with Gasteiger partial charge in [-0.2, -0.15) is 4.52 Å². The molecule has 1 aliphatic heterocycles. The monoisotopic (exact) mass is 549 g/mol. The van der Waals surface area contributed by atoms with Crippen LogP contribution in [0.2, 0.25) is 0 Å². The van der Waals surface area contributed by atoms with Gasteiger partial charge < -0.3 is 19.7 Å². The highest BCUT2D eigenvalue weighted by Gasteiger charge is 2.20. The summed E-state index contributed by atoms with van der Waals surface area (Å²) < 4.78 is 12.7. The number of nitrogens with zero attached hydrogens (tertiary/aromatic N) is 6. The molecule has 1 aliphatic rings. The third kappa shape index (κ3) is 6.10. The van der Waals surface area contributed by atoms with Gasteiger partial charge >= 0.3 is 0 Å². The normalized spacial score (nSPS) is 13.9. The largest absolute Gasteiger partial charge is 0.493 e. The maximum atomic E-state index is 5.48. The molecule has 3 heterocycles. The number of rotatable bonds is 10. The quantitative estimate of drug-likeness (QED) is 0.269. The summed E-state index contributed by atoms with van der Waals surface area (Å²) in [4.78, 5) is 14.7. The summed E-state index contributed by atoms with van der Waals surface area (Å²) in [6, 6.07) is 26.8. The van der Waals surface area contributed by atoms with Crippen LogP contribution in [0.4, 0.5) is 11.6 Å². The molecule has 0 saturated carbocycles. The summed E-state index contributed by atoms with van der Waals surface area (Å²) in [5, 5.41) is 8.35. The third-order valence-electron chi connectivity index (χ3n) is 7.47. The van der Waals surface area contributed by atoms with Crippen LogP contribution in [0, 0.1) is 0 Å². The lowest BCUT2D eigenvalue weighted by Gasteiger charge is -2.36. The van der Waals surface area contributed by atoms with Gasteiger partial charge in [0.15, 0.2) is 23.0 Å².